The lowest BCUT2D eigenvalue weighted by atomic mass is 9.97. The highest BCUT2D eigenvalue weighted by atomic mass is 32.2. The monoisotopic (exact) mass is 393 g/mol. The minimum absolute atomic E-state index is 0.0769. The van der Waals surface area contributed by atoms with Crippen molar-refractivity contribution >= 4 is 32.4 Å². The van der Waals surface area contributed by atoms with E-state index in [1.54, 1.807) is 6.92 Å². The van der Waals surface area contributed by atoms with Gasteiger partial charge in [-0.3, -0.25) is 4.79 Å². The van der Waals surface area contributed by atoms with E-state index >= 15 is 0 Å². The number of rotatable bonds is 5. The Labute approximate surface area is 158 Å². The zero-order valence-electron chi connectivity index (χ0n) is 14.9. The van der Waals surface area contributed by atoms with Gasteiger partial charge in [0.25, 0.3) is 0 Å². The summed E-state index contributed by atoms with van der Waals surface area (Å²) in [5, 5.41) is 3.50. The highest BCUT2D eigenvalue weighted by Gasteiger charge is 2.30. The number of hydrogen-bond donors (Lipinski definition) is 1. The van der Waals surface area contributed by atoms with Crippen molar-refractivity contribution in [1.29, 1.82) is 0 Å². The number of sulfonamides is 1. The lowest BCUT2D eigenvalue weighted by Crippen LogP contribution is -2.42. The minimum Gasteiger partial charge on any atom is -0.302 e. The number of thiazole rings is 1. The average Bonchev–Trinajstić information content (AvgIpc) is 3.02. The number of amides is 1. The van der Waals surface area contributed by atoms with Crippen molar-refractivity contribution in [2.24, 2.45) is 5.92 Å². The minimum atomic E-state index is -3.17. The zero-order chi connectivity index (χ0) is 18.7. The van der Waals surface area contributed by atoms with Crippen LogP contribution in [0.1, 0.15) is 25.5 Å². The highest BCUT2D eigenvalue weighted by Crippen LogP contribution is 2.33. The van der Waals surface area contributed by atoms with Crippen LogP contribution >= 0.6 is 11.3 Å². The van der Waals surface area contributed by atoms with Crippen LogP contribution in [-0.4, -0.2) is 42.5 Å². The number of piperidine rings is 1. The van der Waals surface area contributed by atoms with Crippen LogP contribution in [0, 0.1) is 12.8 Å². The average molecular weight is 394 g/mol. The lowest BCUT2D eigenvalue weighted by Gasteiger charge is -2.30. The summed E-state index contributed by atoms with van der Waals surface area (Å²) in [5.74, 6) is -0.153. The van der Waals surface area contributed by atoms with E-state index in [1.807, 2.05) is 37.3 Å². The molecule has 6 nitrogen and oxygen atoms in total. The largest absolute Gasteiger partial charge is 0.302 e. The van der Waals surface area contributed by atoms with Crippen molar-refractivity contribution in [3.63, 3.8) is 0 Å². The van der Waals surface area contributed by atoms with Crippen LogP contribution in [0.3, 0.4) is 0 Å². The molecule has 1 N–H and O–H groups in total. The predicted octanol–water partition coefficient (Wildman–Crippen LogP) is 3.12. The molecule has 1 aromatic carbocycles. The van der Waals surface area contributed by atoms with E-state index in [1.165, 1.54) is 15.6 Å². The fraction of sp³-hybridized carbons (Fsp3) is 0.444. The molecule has 1 amide bonds. The number of nitrogens with one attached hydrogen (secondary N) is 1. The van der Waals surface area contributed by atoms with Crippen molar-refractivity contribution in [3.05, 3.63) is 36.0 Å². The number of anilines is 1. The standard InChI is InChI=1S/C18H23N3O3S2/c1-3-26(23,24)21-11-9-15(10-12-21)17(22)20-18-19-13(2)16(25-18)14-7-5-4-6-8-14/h4-8,15H,3,9-12H2,1-2H3,(H,19,20,22). The third-order valence-corrected chi connectivity index (χ3v) is 7.65. The van der Waals surface area contributed by atoms with Gasteiger partial charge in [0, 0.05) is 19.0 Å². The van der Waals surface area contributed by atoms with Crippen LogP contribution in [0.25, 0.3) is 10.4 Å². The molecule has 26 heavy (non-hydrogen) atoms. The summed E-state index contributed by atoms with van der Waals surface area (Å²) in [6.07, 6.45) is 1.09. The molecule has 1 saturated heterocycles. The molecule has 8 heteroatoms. The van der Waals surface area contributed by atoms with Crippen molar-refractivity contribution in [3.8, 4) is 10.4 Å². The van der Waals surface area contributed by atoms with Gasteiger partial charge in [0.1, 0.15) is 0 Å². The molecule has 1 aliphatic heterocycles. The molecule has 2 aromatic rings. The van der Waals surface area contributed by atoms with Gasteiger partial charge in [-0.1, -0.05) is 41.7 Å². The Morgan fingerprint density at radius 2 is 1.92 bits per heavy atom. The van der Waals surface area contributed by atoms with E-state index in [0.29, 0.717) is 31.1 Å². The van der Waals surface area contributed by atoms with E-state index in [4.69, 9.17) is 0 Å². The molecular formula is C18H23N3O3S2. The van der Waals surface area contributed by atoms with Crippen molar-refractivity contribution < 1.29 is 13.2 Å². The van der Waals surface area contributed by atoms with E-state index in [9.17, 15) is 13.2 Å². The third-order valence-electron chi connectivity index (χ3n) is 4.65. The first-order valence-corrected chi connectivity index (χ1v) is 11.1. The molecule has 0 saturated carbocycles. The highest BCUT2D eigenvalue weighted by molar-refractivity contribution is 7.89. The summed E-state index contributed by atoms with van der Waals surface area (Å²) < 4.78 is 25.3. The molecule has 0 bridgehead atoms. The Kier molecular flexibility index (Phi) is 5.74. The van der Waals surface area contributed by atoms with Gasteiger partial charge >= 0.3 is 0 Å². The Bertz CT molecular complexity index is 870. The van der Waals surface area contributed by atoms with Crippen molar-refractivity contribution in [1.82, 2.24) is 9.29 Å². The number of benzene rings is 1. The van der Waals surface area contributed by atoms with Crippen LogP contribution < -0.4 is 5.32 Å². The van der Waals surface area contributed by atoms with Crippen LogP contribution in [0.2, 0.25) is 0 Å². The van der Waals surface area contributed by atoms with Gasteiger partial charge in [0.05, 0.1) is 16.3 Å². The molecule has 0 unspecified atom stereocenters. The number of hydrogen-bond acceptors (Lipinski definition) is 5. The van der Waals surface area contributed by atoms with Crippen LogP contribution in [-0.2, 0) is 14.8 Å². The van der Waals surface area contributed by atoms with Crippen molar-refractivity contribution in [2.75, 3.05) is 24.2 Å². The fourth-order valence-electron chi connectivity index (χ4n) is 3.09. The SMILES string of the molecule is CCS(=O)(=O)N1CCC(C(=O)Nc2nc(C)c(-c3ccccc3)s2)CC1. The molecule has 0 radical (unpaired) electrons. The van der Waals surface area contributed by atoms with E-state index in [2.05, 4.69) is 10.3 Å². The summed E-state index contributed by atoms with van der Waals surface area (Å²) in [5.41, 5.74) is 1.97. The summed E-state index contributed by atoms with van der Waals surface area (Å²) in [7, 11) is -3.17. The second kappa shape index (κ2) is 7.85. The lowest BCUT2D eigenvalue weighted by molar-refractivity contribution is -0.120. The van der Waals surface area contributed by atoms with E-state index < -0.39 is 10.0 Å². The van der Waals surface area contributed by atoms with Gasteiger partial charge in [-0.25, -0.2) is 17.7 Å². The summed E-state index contributed by atoms with van der Waals surface area (Å²) in [4.78, 5) is 18.1. The van der Waals surface area contributed by atoms with Gasteiger partial charge in [-0.05, 0) is 32.3 Å². The second-order valence-electron chi connectivity index (χ2n) is 6.36. The Morgan fingerprint density at radius 3 is 2.54 bits per heavy atom. The van der Waals surface area contributed by atoms with Gasteiger partial charge in [0.15, 0.2) is 5.13 Å². The summed E-state index contributed by atoms with van der Waals surface area (Å²) in [6, 6.07) is 9.97. The maximum absolute atomic E-state index is 12.5. The maximum Gasteiger partial charge on any atom is 0.229 e. The zero-order valence-corrected chi connectivity index (χ0v) is 16.6. The molecule has 140 valence electrons. The normalized spacial score (nSPS) is 16.5. The number of aromatic nitrogens is 1. The van der Waals surface area contributed by atoms with Gasteiger partial charge in [-0.15, -0.1) is 0 Å². The van der Waals surface area contributed by atoms with Gasteiger partial charge in [-0.2, -0.15) is 0 Å². The molecule has 0 spiro atoms. The Balaban J connectivity index is 1.63. The van der Waals surface area contributed by atoms with Crippen molar-refractivity contribution in [2.45, 2.75) is 26.7 Å². The number of aryl methyl sites for hydroxylation is 1. The molecule has 0 aliphatic carbocycles. The molecule has 1 fully saturated rings. The maximum atomic E-state index is 12.5. The summed E-state index contributed by atoms with van der Waals surface area (Å²) in [6.45, 7) is 4.38. The molecule has 3 rings (SSSR count). The van der Waals surface area contributed by atoms with Gasteiger partial charge < -0.3 is 5.32 Å². The van der Waals surface area contributed by atoms with E-state index in [-0.39, 0.29) is 17.6 Å². The smallest absolute Gasteiger partial charge is 0.229 e. The van der Waals surface area contributed by atoms with E-state index in [0.717, 1.165) is 16.1 Å². The predicted molar refractivity (Wildman–Crippen MR) is 105 cm³/mol. The number of carbonyl (C=O) groups excluding carboxylic acids is 1. The quantitative estimate of drug-likeness (QED) is 0.846. The Hall–Kier alpha value is -1.77. The summed E-state index contributed by atoms with van der Waals surface area (Å²) >= 11 is 1.46. The van der Waals surface area contributed by atoms with Crippen LogP contribution in [0.4, 0.5) is 5.13 Å². The first kappa shape index (κ1) is 19.0. The number of nitrogens with zero attached hydrogens (tertiary/aromatic N) is 2. The molecule has 1 aromatic heterocycles. The molecule has 1 aliphatic rings. The second-order valence-corrected chi connectivity index (χ2v) is 9.62. The molecule has 0 atom stereocenters. The third kappa shape index (κ3) is 4.13. The van der Waals surface area contributed by atoms with Crippen LogP contribution in [0.15, 0.2) is 30.3 Å². The fourth-order valence-corrected chi connectivity index (χ4v) is 5.20. The molecular weight excluding hydrogens is 370 g/mol. The first-order valence-electron chi connectivity index (χ1n) is 8.72. The number of carbonyl (C=O) groups is 1. The first-order chi connectivity index (χ1) is 12.4. The van der Waals surface area contributed by atoms with Gasteiger partial charge in [0.2, 0.25) is 15.9 Å². The Morgan fingerprint density at radius 1 is 1.27 bits per heavy atom. The molecule has 2 heterocycles. The van der Waals surface area contributed by atoms with Crippen LogP contribution in [0.5, 0.6) is 0 Å². The topological polar surface area (TPSA) is 79.4 Å².